The van der Waals surface area contributed by atoms with Gasteiger partial charge >= 0.3 is 0 Å². The summed E-state index contributed by atoms with van der Waals surface area (Å²) in [6, 6.07) is 10.5. The maximum atomic E-state index is 5.30. The summed E-state index contributed by atoms with van der Waals surface area (Å²) in [4.78, 5) is 4.22. The summed E-state index contributed by atoms with van der Waals surface area (Å²) in [5, 5.41) is 6.61. The number of benzene rings is 1. The van der Waals surface area contributed by atoms with E-state index in [0.29, 0.717) is 6.61 Å². The van der Waals surface area contributed by atoms with Crippen LogP contribution in [0.5, 0.6) is 0 Å². The lowest BCUT2D eigenvalue weighted by atomic mass is 9.85. The molecule has 0 aliphatic carbocycles. The molecule has 5 heteroatoms. The van der Waals surface area contributed by atoms with Crippen LogP contribution in [0.2, 0.25) is 0 Å². The number of rotatable bonds is 7. The molecule has 0 spiro atoms. The van der Waals surface area contributed by atoms with Crippen molar-refractivity contribution in [2.24, 2.45) is 4.99 Å². The van der Waals surface area contributed by atoms with E-state index in [1.807, 2.05) is 13.0 Å². The molecule has 120 valence electrons. The third kappa shape index (κ3) is 7.66. The molecule has 0 saturated heterocycles. The van der Waals surface area contributed by atoms with Gasteiger partial charge in [-0.2, -0.15) is 0 Å². The zero-order valence-electron chi connectivity index (χ0n) is 13.5. The molecule has 0 atom stereocenters. The maximum Gasteiger partial charge on any atom is 0.191 e. The Kier molecular flexibility index (Phi) is 10.4. The van der Waals surface area contributed by atoms with Crippen LogP contribution in [0.4, 0.5) is 0 Å². The van der Waals surface area contributed by atoms with Crippen LogP contribution in [0, 0.1) is 0 Å². The topological polar surface area (TPSA) is 45.6 Å². The molecule has 0 radical (unpaired) electrons. The van der Waals surface area contributed by atoms with Gasteiger partial charge < -0.3 is 15.4 Å². The van der Waals surface area contributed by atoms with E-state index < -0.39 is 0 Å². The predicted octanol–water partition coefficient (Wildman–Crippen LogP) is 2.78. The van der Waals surface area contributed by atoms with Gasteiger partial charge in [-0.1, -0.05) is 44.2 Å². The van der Waals surface area contributed by atoms with Crippen LogP contribution in [-0.4, -0.2) is 39.3 Å². The van der Waals surface area contributed by atoms with Crippen LogP contribution in [0.15, 0.2) is 35.3 Å². The second-order valence-electron chi connectivity index (χ2n) is 5.30. The first-order chi connectivity index (χ1) is 9.60. The van der Waals surface area contributed by atoms with E-state index >= 15 is 0 Å². The molecular formula is C16H28IN3O. The third-order valence-electron chi connectivity index (χ3n) is 3.22. The zero-order valence-corrected chi connectivity index (χ0v) is 15.8. The number of nitrogens with one attached hydrogen (secondary N) is 2. The molecule has 0 aliphatic rings. The summed E-state index contributed by atoms with van der Waals surface area (Å²) in [5.74, 6) is 0.814. The fraction of sp³-hybridized carbons (Fsp3) is 0.562. The van der Waals surface area contributed by atoms with Gasteiger partial charge in [-0.05, 0) is 12.5 Å². The smallest absolute Gasteiger partial charge is 0.191 e. The predicted molar refractivity (Wildman–Crippen MR) is 101 cm³/mol. The van der Waals surface area contributed by atoms with E-state index in [0.717, 1.165) is 25.7 Å². The van der Waals surface area contributed by atoms with E-state index in [-0.39, 0.29) is 29.4 Å². The zero-order chi connectivity index (χ0) is 14.8. The van der Waals surface area contributed by atoms with E-state index in [4.69, 9.17) is 4.74 Å². The van der Waals surface area contributed by atoms with Crippen LogP contribution in [0.25, 0.3) is 0 Å². The molecule has 0 amide bonds. The van der Waals surface area contributed by atoms with E-state index in [1.165, 1.54) is 5.56 Å². The van der Waals surface area contributed by atoms with Crippen molar-refractivity contribution in [3.63, 3.8) is 0 Å². The van der Waals surface area contributed by atoms with Crippen molar-refractivity contribution in [1.29, 1.82) is 0 Å². The molecule has 0 saturated carbocycles. The van der Waals surface area contributed by atoms with Gasteiger partial charge in [0.25, 0.3) is 0 Å². The van der Waals surface area contributed by atoms with Crippen LogP contribution >= 0.6 is 24.0 Å². The SMILES string of the molecule is CCOCCNC(=NC)NCC(C)(C)c1ccccc1.I. The van der Waals surface area contributed by atoms with Crippen molar-refractivity contribution >= 4 is 29.9 Å². The van der Waals surface area contributed by atoms with Gasteiger partial charge in [-0.15, -0.1) is 24.0 Å². The summed E-state index contributed by atoms with van der Waals surface area (Å²) in [6.45, 7) is 9.47. The highest BCUT2D eigenvalue weighted by atomic mass is 127. The Hall–Kier alpha value is -0.820. The van der Waals surface area contributed by atoms with Gasteiger partial charge in [0.05, 0.1) is 6.61 Å². The molecule has 1 rings (SSSR count). The molecule has 0 fully saturated rings. The molecule has 21 heavy (non-hydrogen) atoms. The second kappa shape index (κ2) is 10.8. The average molecular weight is 405 g/mol. The molecule has 0 aliphatic heterocycles. The number of aliphatic imine (C=N–C) groups is 1. The number of nitrogens with zero attached hydrogens (tertiary/aromatic N) is 1. The van der Waals surface area contributed by atoms with Gasteiger partial charge in [0, 0.05) is 32.2 Å². The van der Waals surface area contributed by atoms with Crippen LogP contribution < -0.4 is 10.6 Å². The minimum atomic E-state index is 0. The Bertz CT molecular complexity index is 407. The molecule has 2 N–H and O–H groups in total. The van der Waals surface area contributed by atoms with Crippen LogP contribution in [0.3, 0.4) is 0 Å². The average Bonchev–Trinajstić information content (AvgIpc) is 2.47. The highest BCUT2D eigenvalue weighted by molar-refractivity contribution is 14.0. The van der Waals surface area contributed by atoms with E-state index in [1.54, 1.807) is 7.05 Å². The molecule has 1 aromatic carbocycles. The Labute approximate surface area is 145 Å². The van der Waals surface area contributed by atoms with Crippen LogP contribution in [-0.2, 0) is 10.2 Å². The molecule has 1 aromatic rings. The first-order valence-electron chi connectivity index (χ1n) is 7.18. The van der Waals surface area contributed by atoms with Crippen molar-refractivity contribution in [2.75, 3.05) is 33.4 Å². The standard InChI is InChI=1S/C16H27N3O.HI/c1-5-20-12-11-18-15(17-4)19-13-16(2,3)14-9-7-6-8-10-14;/h6-10H,5,11-13H2,1-4H3,(H2,17,18,19);1H. The summed E-state index contributed by atoms with van der Waals surface area (Å²) in [7, 11) is 1.78. The molecule has 4 nitrogen and oxygen atoms in total. The van der Waals surface area contributed by atoms with E-state index in [9.17, 15) is 0 Å². The van der Waals surface area contributed by atoms with Gasteiger partial charge in [0.2, 0.25) is 0 Å². The normalized spacial score (nSPS) is 11.7. The highest BCUT2D eigenvalue weighted by Crippen LogP contribution is 2.21. The minimum absolute atomic E-state index is 0. The second-order valence-corrected chi connectivity index (χ2v) is 5.30. The molecule has 0 aromatic heterocycles. The fourth-order valence-electron chi connectivity index (χ4n) is 1.90. The van der Waals surface area contributed by atoms with Crippen molar-refractivity contribution in [1.82, 2.24) is 10.6 Å². The number of ether oxygens (including phenoxy) is 1. The van der Waals surface area contributed by atoms with Gasteiger partial charge in [0.15, 0.2) is 5.96 Å². The Balaban J connectivity index is 0.00000400. The van der Waals surface area contributed by atoms with E-state index in [2.05, 4.69) is 53.7 Å². The lowest BCUT2D eigenvalue weighted by Crippen LogP contribution is -2.44. The lowest BCUT2D eigenvalue weighted by molar-refractivity contribution is 0.152. The number of hydrogen-bond acceptors (Lipinski definition) is 2. The summed E-state index contributed by atoms with van der Waals surface area (Å²) >= 11 is 0. The summed E-state index contributed by atoms with van der Waals surface area (Å²) < 4.78 is 5.30. The number of hydrogen-bond donors (Lipinski definition) is 2. The fourth-order valence-corrected chi connectivity index (χ4v) is 1.90. The Morgan fingerprint density at radius 1 is 1.19 bits per heavy atom. The van der Waals surface area contributed by atoms with Gasteiger partial charge in [-0.3, -0.25) is 4.99 Å². The Morgan fingerprint density at radius 2 is 1.86 bits per heavy atom. The molecule has 0 heterocycles. The molecule has 0 bridgehead atoms. The van der Waals surface area contributed by atoms with Crippen molar-refractivity contribution < 1.29 is 4.74 Å². The van der Waals surface area contributed by atoms with Crippen LogP contribution in [0.1, 0.15) is 26.3 Å². The minimum Gasteiger partial charge on any atom is -0.380 e. The Morgan fingerprint density at radius 3 is 2.43 bits per heavy atom. The lowest BCUT2D eigenvalue weighted by Gasteiger charge is -2.26. The first kappa shape index (κ1) is 20.2. The van der Waals surface area contributed by atoms with Gasteiger partial charge in [0.1, 0.15) is 0 Å². The first-order valence-corrected chi connectivity index (χ1v) is 7.18. The largest absolute Gasteiger partial charge is 0.380 e. The monoisotopic (exact) mass is 405 g/mol. The van der Waals surface area contributed by atoms with Gasteiger partial charge in [-0.25, -0.2) is 0 Å². The maximum absolute atomic E-state index is 5.30. The highest BCUT2D eigenvalue weighted by Gasteiger charge is 2.20. The molecular weight excluding hydrogens is 377 g/mol. The quantitative estimate of drug-likeness (QED) is 0.318. The summed E-state index contributed by atoms with van der Waals surface area (Å²) in [6.07, 6.45) is 0. The number of halogens is 1. The third-order valence-corrected chi connectivity index (χ3v) is 3.22. The van der Waals surface area contributed by atoms with Crippen molar-refractivity contribution in [3.8, 4) is 0 Å². The van der Waals surface area contributed by atoms with Crippen molar-refractivity contribution in [2.45, 2.75) is 26.2 Å². The number of guanidine groups is 1. The van der Waals surface area contributed by atoms with Crippen molar-refractivity contribution in [3.05, 3.63) is 35.9 Å². The molecule has 0 unspecified atom stereocenters. The summed E-state index contributed by atoms with van der Waals surface area (Å²) in [5.41, 5.74) is 1.37.